The molecular formula is C35H36N6O5. The van der Waals surface area contributed by atoms with Crippen LogP contribution in [0.4, 0.5) is 0 Å². The van der Waals surface area contributed by atoms with Gasteiger partial charge < -0.3 is 31.6 Å². The van der Waals surface area contributed by atoms with Crippen LogP contribution in [0.15, 0.2) is 85.1 Å². The van der Waals surface area contributed by atoms with Crippen LogP contribution in [-0.2, 0) is 38.4 Å². The summed E-state index contributed by atoms with van der Waals surface area (Å²) in [5.74, 6) is -2.48. The van der Waals surface area contributed by atoms with Gasteiger partial charge in [-0.2, -0.15) is 0 Å². The zero-order valence-electron chi connectivity index (χ0n) is 25.2. The molecule has 2 aliphatic heterocycles. The lowest BCUT2D eigenvalue weighted by Crippen LogP contribution is -2.62. The van der Waals surface area contributed by atoms with Crippen LogP contribution in [-0.4, -0.2) is 70.1 Å². The first kappa shape index (κ1) is 30.6. The topological polar surface area (TPSA) is 166 Å². The fraction of sp³-hybridized carbons (Fsp3) is 0.286. The molecule has 0 bridgehead atoms. The highest BCUT2D eigenvalue weighted by Crippen LogP contribution is 2.23. The summed E-state index contributed by atoms with van der Waals surface area (Å²) in [4.78, 5) is 72.4. The maximum Gasteiger partial charge on any atom is 0.248 e. The van der Waals surface area contributed by atoms with Gasteiger partial charge in [-0.05, 0) is 47.7 Å². The molecular weight excluding hydrogens is 584 g/mol. The van der Waals surface area contributed by atoms with Gasteiger partial charge in [-0.15, -0.1) is 0 Å². The molecule has 11 nitrogen and oxygen atoms in total. The summed E-state index contributed by atoms with van der Waals surface area (Å²) in [5, 5.41) is 9.58. The summed E-state index contributed by atoms with van der Waals surface area (Å²) in [6.07, 6.45) is 3.24. The van der Waals surface area contributed by atoms with E-state index >= 15 is 0 Å². The van der Waals surface area contributed by atoms with Crippen molar-refractivity contribution in [2.24, 2.45) is 5.73 Å². The molecule has 3 heterocycles. The Morgan fingerprint density at radius 3 is 2.17 bits per heavy atom. The Hall–Kier alpha value is -5.45. The van der Waals surface area contributed by atoms with Gasteiger partial charge in [0.25, 0.3) is 0 Å². The molecule has 2 saturated heterocycles. The van der Waals surface area contributed by atoms with Crippen molar-refractivity contribution in [2.75, 3.05) is 6.54 Å². The van der Waals surface area contributed by atoms with Crippen molar-refractivity contribution in [1.29, 1.82) is 0 Å². The fourth-order valence-electron chi connectivity index (χ4n) is 6.39. The number of aromatic nitrogens is 1. The van der Waals surface area contributed by atoms with Crippen molar-refractivity contribution < 1.29 is 24.0 Å². The summed E-state index contributed by atoms with van der Waals surface area (Å²) < 4.78 is 0. The second-order valence-electron chi connectivity index (χ2n) is 11.9. The lowest BCUT2D eigenvalue weighted by atomic mass is 9.99. The van der Waals surface area contributed by atoms with Gasteiger partial charge in [0.1, 0.15) is 24.2 Å². The summed E-state index contributed by atoms with van der Waals surface area (Å²) in [6, 6.07) is 19.6. The molecule has 3 aromatic carbocycles. The third-order valence-corrected chi connectivity index (χ3v) is 8.75. The number of amides is 5. The Morgan fingerprint density at radius 1 is 0.739 bits per heavy atom. The van der Waals surface area contributed by atoms with Gasteiger partial charge in [0.05, 0.1) is 0 Å². The van der Waals surface area contributed by atoms with E-state index in [4.69, 9.17) is 5.73 Å². The van der Waals surface area contributed by atoms with E-state index in [9.17, 15) is 24.0 Å². The van der Waals surface area contributed by atoms with Crippen LogP contribution >= 0.6 is 0 Å². The fourth-order valence-corrected chi connectivity index (χ4v) is 6.39. The van der Waals surface area contributed by atoms with Crippen LogP contribution in [0.1, 0.15) is 39.9 Å². The summed E-state index contributed by atoms with van der Waals surface area (Å²) in [7, 11) is 0. The number of fused-ring (bicyclic) bond motifs is 2. The Bertz CT molecular complexity index is 1790. The first-order chi connectivity index (χ1) is 22.3. The standard InChI is InChI=1S/C35H36N6O5/c36-31(42)23-11-6-10-22(16-23)18-27-32(43)38-28(19-24-20-37-26-13-5-4-12-25(24)26)33(44)40-29(17-21-8-2-1-3-9-21)35(46)41-15-7-14-30(41)34(45)39-27/h1-6,8-13,16,20,27-30,37H,7,14-15,17-19H2,(H2,36,42)(H,38,43)(H,39,45)(H,40,44)/t27-,28+,29-,30+/m0/s1. The van der Waals surface area contributed by atoms with E-state index in [1.54, 1.807) is 30.5 Å². The molecule has 0 spiro atoms. The Morgan fingerprint density at radius 2 is 1.39 bits per heavy atom. The second-order valence-corrected chi connectivity index (χ2v) is 11.9. The molecule has 0 aliphatic carbocycles. The number of carbonyl (C=O) groups excluding carboxylic acids is 5. The van der Waals surface area contributed by atoms with E-state index in [1.807, 2.05) is 54.6 Å². The molecule has 46 heavy (non-hydrogen) atoms. The van der Waals surface area contributed by atoms with Crippen molar-refractivity contribution in [3.05, 3.63) is 107 Å². The number of hydrogen-bond donors (Lipinski definition) is 5. The van der Waals surface area contributed by atoms with Crippen LogP contribution in [0.2, 0.25) is 0 Å². The van der Waals surface area contributed by atoms with Gasteiger partial charge in [0.15, 0.2) is 0 Å². The number of carbonyl (C=O) groups is 5. The number of aromatic amines is 1. The van der Waals surface area contributed by atoms with Gasteiger partial charge in [0, 0.05) is 48.5 Å². The SMILES string of the molecule is NC(=O)c1cccc(C[C@@H]2NC(=O)[C@H]3CCCN3C(=O)[C@H](Cc3ccccc3)NC(=O)[C@@H](Cc3c[nH]c4ccccc34)NC2=O)c1. The third-order valence-electron chi connectivity index (χ3n) is 8.75. The number of H-pyrrole nitrogens is 1. The number of benzene rings is 3. The van der Waals surface area contributed by atoms with Gasteiger partial charge in [0.2, 0.25) is 29.5 Å². The first-order valence-corrected chi connectivity index (χ1v) is 15.5. The lowest BCUT2D eigenvalue weighted by molar-refractivity contribution is -0.143. The largest absolute Gasteiger partial charge is 0.366 e. The number of primary amides is 1. The molecule has 0 unspecified atom stereocenters. The van der Waals surface area contributed by atoms with Gasteiger partial charge in [-0.1, -0.05) is 60.7 Å². The molecule has 1 aromatic heterocycles. The minimum atomic E-state index is -1.09. The zero-order chi connectivity index (χ0) is 32.2. The van der Waals surface area contributed by atoms with E-state index in [-0.39, 0.29) is 30.7 Å². The number of hydrogen-bond acceptors (Lipinski definition) is 5. The molecule has 6 N–H and O–H groups in total. The van der Waals surface area contributed by atoms with Crippen LogP contribution in [0.25, 0.3) is 10.9 Å². The lowest BCUT2D eigenvalue weighted by Gasteiger charge is -2.32. The molecule has 4 aromatic rings. The predicted molar refractivity (Wildman–Crippen MR) is 171 cm³/mol. The maximum atomic E-state index is 14.1. The molecule has 2 fully saturated rings. The van der Waals surface area contributed by atoms with Crippen molar-refractivity contribution in [3.63, 3.8) is 0 Å². The average molecular weight is 621 g/mol. The smallest absolute Gasteiger partial charge is 0.248 e. The third kappa shape index (κ3) is 6.63. The first-order valence-electron chi connectivity index (χ1n) is 15.5. The average Bonchev–Trinajstić information content (AvgIpc) is 3.71. The number of rotatable bonds is 7. The van der Waals surface area contributed by atoms with Crippen LogP contribution in [0, 0.1) is 0 Å². The minimum absolute atomic E-state index is 0.0391. The summed E-state index contributed by atoms with van der Waals surface area (Å²) in [6.45, 7) is 0.356. The molecule has 236 valence electrons. The molecule has 2 aliphatic rings. The number of nitrogens with one attached hydrogen (secondary N) is 4. The van der Waals surface area contributed by atoms with Gasteiger partial charge >= 0.3 is 0 Å². The number of para-hydroxylation sites is 1. The Balaban J connectivity index is 1.36. The molecule has 0 radical (unpaired) electrons. The Labute approximate surface area is 265 Å². The van der Waals surface area contributed by atoms with Crippen molar-refractivity contribution >= 4 is 40.4 Å². The molecule has 11 heteroatoms. The normalized spacial score (nSPS) is 22.3. The van der Waals surface area contributed by atoms with E-state index in [0.717, 1.165) is 22.0 Å². The maximum absolute atomic E-state index is 14.1. The highest BCUT2D eigenvalue weighted by Gasteiger charge is 2.40. The van der Waals surface area contributed by atoms with Crippen LogP contribution in [0.3, 0.4) is 0 Å². The summed E-state index contributed by atoms with van der Waals surface area (Å²) >= 11 is 0. The van der Waals surface area contributed by atoms with Crippen molar-refractivity contribution in [2.45, 2.75) is 56.3 Å². The molecule has 5 amide bonds. The number of nitrogens with two attached hydrogens (primary N) is 1. The summed E-state index contributed by atoms with van der Waals surface area (Å²) in [5.41, 5.74) is 8.89. The Kier molecular flexibility index (Phi) is 8.82. The van der Waals surface area contributed by atoms with E-state index < -0.39 is 47.8 Å². The highest BCUT2D eigenvalue weighted by molar-refractivity contribution is 5.98. The number of nitrogens with zero attached hydrogens (tertiary/aromatic N) is 1. The quantitative estimate of drug-likeness (QED) is 0.212. The van der Waals surface area contributed by atoms with Crippen molar-refractivity contribution in [3.8, 4) is 0 Å². The van der Waals surface area contributed by atoms with E-state index in [0.29, 0.717) is 24.9 Å². The van der Waals surface area contributed by atoms with Crippen LogP contribution < -0.4 is 21.7 Å². The molecule has 6 rings (SSSR count). The molecule has 4 atom stereocenters. The van der Waals surface area contributed by atoms with Crippen molar-refractivity contribution in [1.82, 2.24) is 25.8 Å². The highest BCUT2D eigenvalue weighted by atomic mass is 16.2. The van der Waals surface area contributed by atoms with Crippen LogP contribution in [0.5, 0.6) is 0 Å². The minimum Gasteiger partial charge on any atom is -0.366 e. The van der Waals surface area contributed by atoms with E-state index in [1.165, 1.54) is 4.90 Å². The predicted octanol–water partition coefficient (Wildman–Crippen LogP) is 1.75. The molecule has 0 saturated carbocycles. The van der Waals surface area contributed by atoms with E-state index in [2.05, 4.69) is 20.9 Å². The zero-order valence-corrected chi connectivity index (χ0v) is 25.2. The van der Waals surface area contributed by atoms with Gasteiger partial charge in [-0.25, -0.2) is 0 Å². The monoisotopic (exact) mass is 620 g/mol. The second kappa shape index (κ2) is 13.3. The van der Waals surface area contributed by atoms with Gasteiger partial charge in [-0.3, -0.25) is 24.0 Å².